The maximum atomic E-state index is 10.5. The second kappa shape index (κ2) is 4.05. The third-order valence-corrected chi connectivity index (χ3v) is 2.09. The molecule has 0 amide bonds. The summed E-state index contributed by atoms with van der Waals surface area (Å²) in [6.45, 7) is 4.03. The van der Waals surface area contributed by atoms with Crippen molar-refractivity contribution in [1.82, 2.24) is 0 Å². The van der Waals surface area contributed by atoms with Crippen LogP contribution in [0.1, 0.15) is 30.9 Å². The molecule has 1 aromatic rings. The van der Waals surface area contributed by atoms with Gasteiger partial charge in [0.1, 0.15) is 6.29 Å². The maximum absolute atomic E-state index is 10.5. The summed E-state index contributed by atoms with van der Waals surface area (Å²) in [6.07, 6.45) is 2.01. The minimum atomic E-state index is 0.0245. The highest BCUT2D eigenvalue weighted by Crippen LogP contribution is 2.14. The molecule has 1 heteroatoms. The average Bonchev–Trinajstić information content (AvgIpc) is 2.17. The van der Waals surface area contributed by atoms with Gasteiger partial charge in [0, 0.05) is 5.92 Å². The van der Waals surface area contributed by atoms with Crippen LogP contribution in [0.3, 0.4) is 0 Å². The maximum Gasteiger partial charge on any atom is 0.127 e. The number of carbonyl (C=O) groups is 1. The van der Waals surface area contributed by atoms with E-state index in [0.717, 1.165) is 18.3 Å². The van der Waals surface area contributed by atoms with E-state index in [1.165, 1.54) is 5.56 Å². The fourth-order valence-corrected chi connectivity index (χ4v) is 1.17. The number of hydrogen-bond acceptors (Lipinski definition) is 1. The van der Waals surface area contributed by atoms with Crippen molar-refractivity contribution in [3.8, 4) is 0 Å². The molecule has 0 bridgehead atoms. The molecule has 64 valence electrons. The standard InChI is InChI=1S/C11H14O/c1-3-10-5-4-6-11(7-10)9(2)8-12/h4-9H,3H2,1-2H3. The van der Waals surface area contributed by atoms with Gasteiger partial charge in [0.05, 0.1) is 0 Å². The predicted octanol–water partition coefficient (Wildman–Crippen LogP) is 2.55. The number of aldehydes is 1. The normalized spacial score (nSPS) is 12.5. The molecule has 12 heavy (non-hydrogen) atoms. The Hall–Kier alpha value is -1.11. The first-order valence-corrected chi connectivity index (χ1v) is 4.32. The van der Waals surface area contributed by atoms with Crippen LogP contribution in [0.4, 0.5) is 0 Å². The molecule has 0 fully saturated rings. The topological polar surface area (TPSA) is 17.1 Å². The summed E-state index contributed by atoms with van der Waals surface area (Å²) >= 11 is 0. The van der Waals surface area contributed by atoms with Crippen LogP contribution in [-0.4, -0.2) is 6.29 Å². The first kappa shape index (κ1) is 8.98. The molecule has 0 saturated carbocycles. The number of carbonyl (C=O) groups excluding carboxylic acids is 1. The van der Waals surface area contributed by atoms with Crippen molar-refractivity contribution >= 4 is 6.29 Å². The zero-order chi connectivity index (χ0) is 8.97. The lowest BCUT2D eigenvalue weighted by Gasteiger charge is -2.05. The van der Waals surface area contributed by atoms with Crippen molar-refractivity contribution in [2.24, 2.45) is 0 Å². The van der Waals surface area contributed by atoms with E-state index in [1.54, 1.807) is 0 Å². The molecule has 1 aromatic carbocycles. The van der Waals surface area contributed by atoms with E-state index >= 15 is 0 Å². The van der Waals surface area contributed by atoms with Gasteiger partial charge in [-0.05, 0) is 17.5 Å². The first-order chi connectivity index (χ1) is 5.77. The van der Waals surface area contributed by atoms with Crippen molar-refractivity contribution < 1.29 is 4.79 Å². The van der Waals surface area contributed by atoms with Gasteiger partial charge in [0.25, 0.3) is 0 Å². The van der Waals surface area contributed by atoms with E-state index in [1.807, 2.05) is 19.1 Å². The Bertz CT molecular complexity index is 265. The molecule has 1 nitrogen and oxygen atoms in total. The van der Waals surface area contributed by atoms with E-state index < -0.39 is 0 Å². The van der Waals surface area contributed by atoms with Gasteiger partial charge in [0.15, 0.2) is 0 Å². The summed E-state index contributed by atoms with van der Waals surface area (Å²) in [5, 5.41) is 0. The Kier molecular flexibility index (Phi) is 3.03. The lowest BCUT2D eigenvalue weighted by atomic mass is 10.00. The molecule has 0 aliphatic rings. The fraction of sp³-hybridized carbons (Fsp3) is 0.364. The molecule has 1 unspecified atom stereocenters. The lowest BCUT2D eigenvalue weighted by molar-refractivity contribution is -0.108. The van der Waals surface area contributed by atoms with E-state index in [9.17, 15) is 4.79 Å². The largest absolute Gasteiger partial charge is 0.303 e. The van der Waals surface area contributed by atoms with Crippen LogP contribution < -0.4 is 0 Å². The zero-order valence-electron chi connectivity index (χ0n) is 7.58. The summed E-state index contributed by atoms with van der Waals surface area (Å²) in [6, 6.07) is 8.19. The summed E-state index contributed by atoms with van der Waals surface area (Å²) in [7, 11) is 0. The third kappa shape index (κ3) is 1.94. The quantitative estimate of drug-likeness (QED) is 0.624. The van der Waals surface area contributed by atoms with Crippen LogP contribution in [0.5, 0.6) is 0 Å². The van der Waals surface area contributed by atoms with Crippen molar-refractivity contribution in [3.05, 3.63) is 35.4 Å². The SMILES string of the molecule is CCc1cccc(C(C)C=O)c1. The zero-order valence-corrected chi connectivity index (χ0v) is 7.58. The van der Waals surface area contributed by atoms with Crippen molar-refractivity contribution in [3.63, 3.8) is 0 Å². The molecule has 0 aliphatic carbocycles. The predicted molar refractivity (Wildman–Crippen MR) is 50.3 cm³/mol. The number of aryl methyl sites for hydroxylation is 1. The molecule has 0 aliphatic heterocycles. The minimum absolute atomic E-state index is 0.0245. The molecule has 1 atom stereocenters. The van der Waals surface area contributed by atoms with Gasteiger partial charge in [-0.15, -0.1) is 0 Å². The van der Waals surface area contributed by atoms with Gasteiger partial charge < -0.3 is 4.79 Å². The van der Waals surface area contributed by atoms with Crippen LogP contribution in [-0.2, 0) is 11.2 Å². The summed E-state index contributed by atoms with van der Waals surface area (Å²) < 4.78 is 0. The van der Waals surface area contributed by atoms with Gasteiger partial charge >= 0.3 is 0 Å². The fourth-order valence-electron chi connectivity index (χ4n) is 1.17. The second-order valence-corrected chi connectivity index (χ2v) is 3.02. The summed E-state index contributed by atoms with van der Waals surface area (Å²) in [4.78, 5) is 10.5. The highest BCUT2D eigenvalue weighted by Gasteiger charge is 2.02. The Balaban J connectivity index is 2.93. The molecule has 0 heterocycles. The molecule has 0 aromatic heterocycles. The summed E-state index contributed by atoms with van der Waals surface area (Å²) in [5.74, 6) is 0.0245. The molecule has 1 rings (SSSR count). The van der Waals surface area contributed by atoms with Crippen molar-refractivity contribution in [1.29, 1.82) is 0 Å². The number of benzene rings is 1. The number of rotatable bonds is 3. The smallest absolute Gasteiger partial charge is 0.127 e. The van der Waals surface area contributed by atoms with Gasteiger partial charge in [-0.3, -0.25) is 0 Å². The Morgan fingerprint density at radius 1 is 1.50 bits per heavy atom. The second-order valence-electron chi connectivity index (χ2n) is 3.02. The van der Waals surface area contributed by atoms with Crippen LogP contribution in [0.25, 0.3) is 0 Å². The van der Waals surface area contributed by atoms with Crippen LogP contribution in [0.15, 0.2) is 24.3 Å². The molecule has 0 N–H and O–H groups in total. The Morgan fingerprint density at radius 3 is 2.83 bits per heavy atom. The van der Waals surface area contributed by atoms with E-state index in [-0.39, 0.29) is 5.92 Å². The van der Waals surface area contributed by atoms with Crippen molar-refractivity contribution in [2.75, 3.05) is 0 Å². The monoisotopic (exact) mass is 162 g/mol. The Labute approximate surface area is 73.4 Å². The van der Waals surface area contributed by atoms with E-state index in [0.29, 0.717) is 0 Å². The highest BCUT2D eigenvalue weighted by molar-refractivity contribution is 5.61. The van der Waals surface area contributed by atoms with Crippen LogP contribution in [0.2, 0.25) is 0 Å². The Morgan fingerprint density at radius 2 is 2.25 bits per heavy atom. The summed E-state index contributed by atoms with van der Waals surface area (Å²) in [5.41, 5.74) is 2.41. The van der Waals surface area contributed by atoms with Crippen LogP contribution >= 0.6 is 0 Å². The van der Waals surface area contributed by atoms with Gasteiger partial charge in [-0.1, -0.05) is 38.1 Å². The number of hydrogen-bond donors (Lipinski definition) is 0. The lowest BCUT2D eigenvalue weighted by Crippen LogP contribution is -1.94. The average molecular weight is 162 g/mol. The molecule has 0 spiro atoms. The molecule has 0 saturated heterocycles. The van der Waals surface area contributed by atoms with E-state index in [4.69, 9.17) is 0 Å². The highest BCUT2D eigenvalue weighted by atomic mass is 16.1. The van der Waals surface area contributed by atoms with Gasteiger partial charge in [0.2, 0.25) is 0 Å². The van der Waals surface area contributed by atoms with E-state index in [2.05, 4.69) is 19.1 Å². The van der Waals surface area contributed by atoms with Crippen LogP contribution in [0, 0.1) is 0 Å². The first-order valence-electron chi connectivity index (χ1n) is 4.32. The van der Waals surface area contributed by atoms with Gasteiger partial charge in [-0.2, -0.15) is 0 Å². The molecular weight excluding hydrogens is 148 g/mol. The third-order valence-electron chi connectivity index (χ3n) is 2.09. The van der Waals surface area contributed by atoms with Gasteiger partial charge in [-0.25, -0.2) is 0 Å². The molecular formula is C11H14O. The molecule has 0 radical (unpaired) electrons. The minimum Gasteiger partial charge on any atom is -0.303 e. The van der Waals surface area contributed by atoms with Crippen molar-refractivity contribution in [2.45, 2.75) is 26.2 Å².